The highest BCUT2D eigenvalue weighted by Gasteiger charge is 2.06. The summed E-state index contributed by atoms with van der Waals surface area (Å²) in [5.74, 6) is 0.293. The number of aromatic nitrogens is 6. The number of nitrogens with one attached hydrogen (secondary N) is 1. The van der Waals surface area contributed by atoms with E-state index in [2.05, 4.69) is 25.5 Å². The standard InChI is InChI=1S/C7H4N6O/c14-6-4-2-1-3-8-5(4)13-7(9-6)10-11-12-13/h1-3H,(H,9,10,12,14). The van der Waals surface area contributed by atoms with E-state index >= 15 is 0 Å². The molecular formula is C7H4N6O. The molecule has 0 fully saturated rings. The van der Waals surface area contributed by atoms with Crippen LogP contribution < -0.4 is 5.56 Å². The zero-order valence-electron chi connectivity index (χ0n) is 6.88. The molecule has 7 nitrogen and oxygen atoms in total. The molecule has 0 aliphatic heterocycles. The summed E-state index contributed by atoms with van der Waals surface area (Å²) >= 11 is 0. The lowest BCUT2D eigenvalue weighted by Crippen LogP contribution is -2.11. The molecular weight excluding hydrogens is 184 g/mol. The molecule has 1 N–H and O–H groups in total. The number of hydrogen-bond acceptors (Lipinski definition) is 5. The Labute approximate surface area is 76.4 Å². The van der Waals surface area contributed by atoms with Gasteiger partial charge in [0.25, 0.3) is 11.3 Å². The summed E-state index contributed by atoms with van der Waals surface area (Å²) in [5, 5.41) is 11.3. The van der Waals surface area contributed by atoms with Gasteiger partial charge in [-0.25, -0.2) is 4.98 Å². The van der Waals surface area contributed by atoms with Crippen molar-refractivity contribution in [1.82, 2.24) is 30.0 Å². The maximum atomic E-state index is 11.5. The van der Waals surface area contributed by atoms with Crippen LogP contribution in [-0.2, 0) is 0 Å². The van der Waals surface area contributed by atoms with Crippen LogP contribution in [0.1, 0.15) is 0 Å². The first-order chi connectivity index (χ1) is 6.86. The normalized spacial score (nSPS) is 11.1. The van der Waals surface area contributed by atoms with E-state index in [1.807, 2.05) is 0 Å². The Bertz CT molecular complexity index is 668. The molecule has 3 heterocycles. The summed E-state index contributed by atoms with van der Waals surface area (Å²) in [6.07, 6.45) is 1.59. The Balaban J connectivity index is 2.74. The second-order valence-corrected chi connectivity index (χ2v) is 2.74. The molecule has 0 spiro atoms. The molecule has 0 aliphatic rings. The van der Waals surface area contributed by atoms with Crippen LogP contribution in [0.2, 0.25) is 0 Å². The van der Waals surface area contributed by atoms with E-state index < -0.39 is 0 Å². The Morgan fingerprint density at radius 1 is 1.43 bits per heavy atom. The first kappa shape index (κ1) is 7.13. The molecule has 14 heavy (non-hydrogen) atoms. The van der Waals surface area contributed by atoms with Crippen molar-refractivity contribution in [3.63, 3.8) is 0 Å². The highest BCUT2D eigenvalue weighted by Crippen LogP contribution is 2.03. The average Bonchev–Trinajstić information content (AvgIpc) is 2.66. The number of aromatic amines is 1. The monoisotopic (exact) mass is 188 g/mol. The molecule has 7 heteroatoms. The maximum Gasteiger partial charge on any atom is 0.261 e. The third-order valence-corrected chi connectivity index (χ3v) is 1.93. The van der Waals surface area contributed by atoms with Gasteiger partial charge in [0, 0.05) is 6.20 Å². The molecule has 0 atom stereocenters. The predicted octanol–water partition coefficient (Wildman–Crippen LogP) is -0.639. The van der Waals surface area contributed by atoms with Gasteiger partial charge in [-0.1, -0.05) is 5.10 Å². The fourth-order valence-corrected chi connectivity index (χ4v) is 1.32. The highest BCUT2D eigenvalue weighted by atomic mass is 16.1. The number of H-pyrrole nitrogens is 1. The quantitative estimate of drug-likeness (QED) is 0.507. The van der Waals surface area contributed by atoms with Gasteiger partial charge in [0.15, 0.2) is 5.65 Å². The Morgan fingerprint density at radius 3 is 3.29 bits per heavy atom. The molecule has 0 saturated heterocycles. The summed E-state index contributed by atoms with van der Waals surface area (Å²) in [7, 11) is 0. The van der Waals surface area contributed by atoms with Crippen molar-refractivity contribution in [2.24, 2.45) is 0 Å². The highest BCUT2D eigenvalue weighted by molar-refractivity contribution is 5.74. The number of fused-ring (bicyclic) bond motifs is 3. The summed E-state index contributed by atoms with van der Waals surface area (Å²) in [6.45, 7) is 0. The number of pyridine rings is 1. The largest absolute Gasteiger partial charge is 0.289 e. The van der Waals surface area contributed by atoms with Gasteiger partial charge in [-0.3, -0.25) is 9.78 Å². The van der Waals surface area contributed by atoms with Crippen molar-refractivity contribution in [2.45, 2.75) is 0 Å². The van der Waals surface area contributed by atoms with Crippen molar-refractivity contribution >= 4 is 16.8 Å². The Hall–Kier alpha value is -2.31. The molecule has 0 unspecified atom stereocenters. The van der Waals surface area contributed by atoms with Crippen LogP contribution in [-0.4, -0.2) is 30.0 Å². The smallest absolute Gasteiger partial charge is 0.261 e. The van der Waals surface area contributed by atoms with Crippen molar-refractivity contribution in [3.05, 3.63) is 28.7 Å². The lowest BCUT2D eigenvalue weighted by molar-refractivity contribution is 0.833. The summed E-state index contributed by atoms with van der Waals surface area (Å²) < 4.78 is 1.39. The maximum absolute atomic E-state index is 11.5. The lowest BCUT2D eigenvalue weighted by atomic mass is 10.3. The summed E-state index contributed by atoms with van der Waals surface area (Å²) in [4.78, 5) is 18.1. The van der Waals surface area contributed by atoms with Crippen LogP contribution >= 0.6 is 0 Å². The predicted molar refractivity (Wildman–Crippen MR) is 46.7 cm³/mol. The number of tetrazole rings is 1. The molecule has 0 aromatic carbocycles. The van der Waals surface area contributed by atoms with E-state index in [0.717, 1.165) is 0 Å². The van der Waals surface area contributed by atoms with Crippen molar-refractivity contribution in [2.75, 3.05) is 0 Å². The Kier molecular flexibility index (Phi) is 1.19. The van der Waals surface area contributed by atoms with E-state index in [1.165, 1.54) is 4.52 Å². The fourth-order valence-electron chi connectivity index (χ4n) is 1.32. The van der Waals surface area contributed by atoms with E-state index in [9.17, 15) is 4.79 Å². The number of hydrogen-bond donors (Lipinski definition) is 1. The van der Waals surface area contributed by atoms with Gasteiger partial charge >= 0.3 is 0 Å². The summed E-state index contributed by atoms with van der Waals surface area (Å²) in [5.41, 5.74) is 0.214. The second kappa shape index (κ2) is 2.34. The third-order valence-electron chi connectivity index (χ3n) is 1.93. The van der Waals surface area contributed by atoms with Gasteiger partial charge in [-0.05, 0) is 22.6 Å². The minimum Gasteiger partial charge on any atom is -0.289 e. The molecule has 0 saturated carbocycles. The van der Waals surface area contributed by atoms with Crippen LogP contribution in [0.3, 0.4) is 0 Å². The van der Waals surface area contributed by atoms with Gasteiger partial charge in [0.2, 0.25) is 0 Å². The average molecular weight is 188 g/mol. The molecule has 68 valence electrons. The molecule has 0 amide bonds. The van der Waals surface area contributed by atoms with Crippen molar-refractivity contribution in [1.29, 1.82) is 0 Å². The van der Waals surface area contributed by atoms with E-state index in [1.54, 1.807) is 18.3 Å². The van der Waals surface area contributed by atoms with Gasteiger partial charge in [0.05, 0.1) is 5.39 Å². The first-order valence-electron chi connectivity index (χ1n) is 3.91. The van der Waals surface area contributed by atoms with Gasteiger partial charge in [0.1, 0.15) is 0 Å². The fraction of sp³-hybridized carbons (Fsp3) is 0. The van der Waals surface area contributed by atoms with E-state index in [-0.39, 0.29) is 5.56 Å². The molecule has 0 aliphatic carbocycles. The van der Waals surface area contributed by atoms with Crippen molar-refractivity contribution in [3.8, 4) is 0 Å². The molecule has 3 aromatic rings. The minimum absolute atomic E-state index is 0.240. The summed E-state index contributed by atoms with van der Waals surface area (Å²) in [6, 6.07) is 3.36. The zero-order chi connectivity index (χ0) is 9.54. The second-order valence-electron chi connectivity index (χ2n) is 2.74. The zero-order valence-corrected chi connectivity index (χ0v) is 6.88. The van der Waals surface area contributed by atoms with Crippen LogP contribution in [0.5, 0.6) is 0 Å². The van der Waals surface area contributed by atoms with Gasteiger partial charge in [-0.2, -0.15) is 4.52 Å². The molecule has 0 bridgehead atoms. The topological polar surface area (TPSA) is 88.8 Å². The lowest BCUT2D eigenvalue weighted by Gasteiger charge is -1.95. The number of rotatable bonds is 0. The van der Waals surface area contributed by atoms with E-state index in [4.69, 9.17) is 0 Å². The first-order valence-corrected chi connectivity index (χ1v) is 3.91. The molecule has 3 aromatic heterocycles. The van der Waals surface area contributed by atoms with Crippen LogP contribution in [0.15, 0.2) is 23.1 Å². The van der Waals surface area contributed by atoms with Crippen LogP contribution in [0.25, 0.3) is 16.8 Å². The third kappa shape index (κ3) is 0.777. The van der Waals surface area contributed by atoms with E-state index in [0.29, 0.717) is 16.8 Å². The van der Waals surface area contributed by atoms with Gasteiger partial charge < -0.3 is 0 Å². The Morgan fingerprint density at radius 2 is 2.36 bits per heavy atom. The van der Waals surface area contributed by atoms with Gasteiger partial charge in [-0.15, -0.1) is 0 Å². The number of nitrogens with zero attached hydrogens (tertiary/aromatic N) is 5. The van der Waals surface area contributed by atoms with Crippen LogP contribution in [0, 0.1) is 0 Å². The molecule has 3 rings (SSSR count). The van der Waals surface area contributed by atoms with Crippen molar-refractivity contribution < 1.29 is 0 Å². The minimum atomic E-state index is -0.240. The van der Waals surface area contributed by atoms with Crippen LogP contribution in [0.4, 0.5) is 0 Å². The molecule has 0 radical (unpaired) electrons. The SMILES string of the molecule is O=c1[nH]c2nnnn2c2ncccc12.